The summed E-state index contributed by atoms with van der Waals surface area (Å²) in [6.07, 6.45) is 1.74. The Labute approximate surface area is 178 Å². The summed E-state index contributed by atoms with van der Waals surface area (Å²) in [6, 6.07) is 27.4. The lowest BCUT2D eigenvalue weighted by Gasteiger charge is -2.08. The maximum atomic E-state index is 5.98. The molecule has 0 amide bonds. The highest BCUT2D eigenvalue weighted by Gasteiger charge is 2.11. The molecule has 0 saturated carbocycles. The van der Waals surface area contributed by atoms with Crippen molar-refractivity contribution in [2.75, 3.05) is 0 Å². The van der Waals surface area contributed by atoms with Crippen LogP contribution in [0.2, 0.25) is 5.02 Å². The zero-order valence-electron chi connectivity index (χ0n) is 15.9. The van der Waals surface area contributed by atoms with Crippen molar-refractivity contribution in [3.63, 3.8) is 0 Å². The van der Waals surface area contributed by atoms with Crippen LogP contribution in [0.15, 0.2) is 91.1 Å². The Morgan fingerprint density at radius 1 is 0.800 bits per heavy atom. The number of rotatable bonds is 5. The van der Waals surface area contributed by atoms with Crippen LogP contribution in [0.5, 0.6) is 5.75 Å². The quantitative estimate of drug-likeness (QED) is 0.372. The van der Waals surface area contributed by atoms with Crippen LogP contribution in [0, 0.1) is 0 Å². The summed E-state index contributed by atoms with van der Waals surface area (Å²) < 4.78 is 7.64. The summed E-state index contributed by atoms with van der Waals surface area (Å²) in [6.45, 7) is 0.535. The number of benzene rings is 3. The normalized spacial score (nSPS) is 11.0. The molecule has 0 aliphatic rings. The van der Waals surface area contributed by atoms with Gasteiger partial charge in [-0.15, -0.1) is 5.10 Å². The molecular weight excluding hydrogens is 396 g/mol. The van der Waals surface area contributed by atoms with Gasteiger partial charge in [-0.1, -0.05) is 41.9 Å². The van der Waals surface area contributed by atoms with Crippen LogP contribution in [-0.4, -0.2) is 19.6 Å². The Kier molecular flexibility index (Phi) is 4.87. The second kappa shape index (κ2) is 7.97. The van der Waals surface area contributed by atoms with Crippen molar-refractivity contribution in [1.29, 1.82) is 0 Å². The van der Waals surface area contributed by atoms with E-state index in [4.69, 9.17) is 16.3 Å². The van der Waals surface area contributed by atoms with E-state index < -0.39 is 0 Å². The third-order valence-electron chi connectivity index (χ3n) is 4.74. The molecular formula is C24H17ClN4O. The minimum atomic E-state index is 0.535. The maximum absolute atomic E-state index is 5.98. The SMILES string of the molecule is Clc1ccc(-c2nc3nccc(-c4ccc(OCc5ccccc5)cc4)n3n2)cc1. The minimum absolute atomic E-state index is 0.535. The third kappa shape index (κ3) is 3.75. The van der Waals surface area contributed by atoms with Crippen LogP contribution in [-0.2, 0) is 6.61 Å². The van der Waals surface area contributed by atoms with Gasteiger partial charge in [0.25, 0.3) is 5.78 Å². The first-order chi connectivity index (χ1) is 14.8. The zero-order valence-corrected chi connectivity index (χ0v) is 16.7. The van der Waals surface area contributed by atoms with Crippen molar-refractivity contribution >= 4 is 17.4 Å². The van der Waals surface area contributed by atoms with E-state index in [2.05, 4.69) is 15.1 Å². The Balaban J connectivity index is 1.42. The zero-order chi connectivity index (χ0) is 20.3. The van der Waals surface area contributed by atoms with Crippen LogP contribution in [0.25, 0.3) is 28.4 Å². The van der Waals surface area contributed by atoms with Gasteiger partial charge in [0.1, 0.15) is 12.4 Å². The lowest BCUT2D eigenvalue weighted by Crippen LogP contribution is -1.97. The Morgan fingerprint density at radius 2 is 1.53 bits per heavy atom. The molecule has 0 aliphatic heterocycles. The van der Waals surface area contributed by atoms with Crippen LogP contribution in [0.4, 0.5) is 0 Å². The molecule has 0 spiro atoms. The molecule has 146 valence electrons. The van der Waals surface area contributed by atoms with E-state index in [0.29, 0.717) is 23.2 Å². The summed E-state index contributed by atoms with van der Waals surface area (Å²) >= 11 is 5.98. The molecule has 0 fully saturated rings. The monoisotopic (exact) mass is 412 g/mol. The highest BCUT2D eigenvalue weighted by Crippen LogP contribution is 2.25. The predicted octanol–water partition coefficient (Wildman–Crippen LogP) is 5.69. The van der Waals surface area contributed by atoms with Crippen molar-refractivity contribution in [2.24, 2.45) is 0 Å². The van der Waals surface area contributed by atoms with E-state index in [9.17, 15) is 0 Å². The molecule has 0 bridgehead atoms. The highest BCUT2D eigenvalue weighted by atomic mass is 35.5. The van der Waals surface area contributed by atoms with E-state index in [1.807, 2.05) is 84.9 Å². The van der Waals surface area contributed by atoms with Crippen molar-refractivity contribution in [3.8, 4) is 28.4 Å². The summed E-state index contributed by atoms with van der Waals surface area (Å²) in [4.78, 5) is 8.90. The van der Waals surface area contributed by atoms with Gasteiger partial charge in [-0.25, -0.2) is 4.98 Å². The average molecular weight is 413 g/mol. The minimum Gasteiger partial charge on any atom is -0.489 e. The largest absolute Gasteiger partial charge is 0.489 e. The molecule has 3 aromatic carbocycles. The van der Waals surface area contributed by atoms with Gasteiger partial charge in [-0.3, -0.25) is 0 Å². The van der Waals surface area contributed by atoms with Crippen molar-refractivity contribution in [1.82, 2.24) is 19.6 Å². The molecule has 0 unspecified atom stereocenters. The fraction of sp³-hybridized carbons (Fsp3) is 0.0417. The van der Waals surface area contributed by atoms with E-state index in [-0.39, 0.29) is 0 Å². The maximum Gasteiger partial charge on any atom is 0.253 e. The van der Waals surface area contributed by atoms with Gasteiger partial charge in [0.05, 0.1) is 5.69 Å². The topological polar surface area (TPSA) is 52.3 Å². The molecule has 30 heavy (non-hydrogen) atoms. The number of halogens is 1. The molecule has 0 aliphatic carbocycles. The van der Waals surface area contributed by atoms with Gasteiger partial charge in [0.15, 0.2) is 5.82 Å². The molecule has 5 aromatic rings. The van der Waals surface area contributed by atoms with Crippen molar-refractivity contribution < 1.29 is 4.74 Å². The number of aromatic nitrogens is 4. The summed E-state index contributed by atoms with van der Waals surface area (Å²) in [5.41, 5.74) is 3.93. The van der Waals surface area contributed by atoms with E-state index >= 15 is 0 Å². The molecule has 0 saturated heterocycles. The van der Waals surface area contributed by atoms with E-state index in [1.54, 1.807) is 10.7 Å². The number of nitrogens with zero attached hydrogens (tertiary/aromatic N) is 4. The Morgan fingerprint density at radius 3 is 2.30 bits per heavy atom. The summed E-state index contributed by atoms with van der Waals surface area (Å²) in [5.74, 6) is 1.96. The Hall–Kier alpha value is -3.70. The fourth-order valence-corrected chi connectivity index (χ4v) is 3.32. The van der Waals surface area contributed by atoms with E-state index in [0.717, 1.165) is 28.1 Å². The van der Waals surface area contributed by atoms with Crippen LogP contribution >= 0.6 is 11.6 Å². The highest BCUT2D eigenvalue weighted by molar-refractivity contribution is 6.30. The van der Waals surface area contributed by atoms with E-state index in [1.165, 1.54) is 0 Å². The second-order valence-corrected chi connectivity index (χ2v) is 7.22. The Bertz CT molecular complexity index is 1280. The van der Waals surface area contributed by atoms with Crippen molar-refractivity contribution in [3.05, 3.63) is 102 Å². The lowest BCUT2D eigenvalue weighted by atomic mass is 10.1. The van der Waals surface area contributed by atoms with Gasteiger partial charge in [-0.2, -0.15) is 9.50 Å². The molecule has 2 heterocycles. The first kappa shape index (κ1) is 18.3. The van der Waals surface area contributed by atoms with Gasteiger partial charge in [0, 0.05) is 22.3 Å². The molecule has 5 rings (SSSR count). The number of ether oxygens (including phenoxy) is 1. The summed E-state index contributed by atoms with van der Waals surface area (Å²) in [5, 5.41) is 5.33. The lowest BCUT2D eigenvalue weighted by molar-refractivity contribution is 0.306. The van der Waals surface area contributed by atoms with Gasteiger partial charge in [-0.05, 0) is 60.2 Å². The first-order valence-electron chi connectivity index (χ1n) is 9.51. The smallest absolute Gasteiger partial charge is 0.253 e. The molecule has 0 atom stereocenters. The molecule has 6 heteroatoms. The number of hydrogen-bond donors (Lipinski definition) is 0. The van der Waals surface area contributed by atoms with Crippen molar-refractivity contribution in [2.45, 2.75) is 6.61 Å². The van der Waals surface area contributed by atoms with Gasteiger partial charge < -0.3 is 4.74 Å². The number of fused-ring (bicyclic) bond motifs is 1. The second-order valence-electron chi connectivity index (χ2n) is 6.78. The summed E-state index contributed by atoms with van der Waals surface area (Å²) in [7, 11) is 0. The van der Waals surface area contributed by atoms with Gasteiger partial charge >= 0.3 is 0 Å². The van der Waals surface area contributed by atoms with Crippen LogP contribution in [0.3, 0.4) is 0 Å². The van der Waals surface area contributed by atoms with Gasteiger partial charge in [0.2, 0.25) is 0 Å². The molecule has 0 radical (unpaired) electrons. The first-order valence-corrected chi connectivity index (χ1v) is 9.89. The average Bonchev–Trinajstić information content (AvgIpc) is 3.24. The van der Waals surface area contributed by atoms with Crippen LogP contribution in [0.1, 0.15) is 5.56 Å². The van der Waals surface area contributed by atoms with Crippen LogP contribution < -0.4 is 4.74 Å². The third-order valence-corrected chi connectivity index (χ3v) is 4.99. The molecule has 0 N–H and O–H groups in total. The fourth-order valence-electron chi connectivity index (χ4n) is 3.20. The standard InChI is InChI=1S/C24H17ClN4O/c25-20-10-6-19(7-11-20)23-27-24-26-15-14-22(29(24)28-23)18-8-12-21(13-9-18)30-16-17-4-2-1-3-5-17/h1-15H,16H2. The number of hydrogen-bond acceptors (Lipinski definition) is 4. The predicted molar refractivity (Wildman–Crippen MR) is 117 cm³/mol. The molecule has 2 aromatic heterocycles. The molecule has 5 nitrogen and oxygen atoms in total.